The molecule has 0 aliphatic carbocycles. The van der Waals surface area contributed by atoms with E-state index in [0.29, 0.717) is 11.8 Å². The van der Waals surface area contributed by atoms with Crippen LogP contribution in [0.2, 0.25) is 0 Å². The lowest BCUT2D eigenvalue weighted by Crippen LogP contribution is -2.07. The Kier molecular flexibility index (Phi) is 3.43. The van der Waals surface area contributed by atoms with Crippen LogP contribution in [-0.4, -0.2) is 19.7 Å². The molecule has 0 bridgehead atoms. The van der Waals surface area contributed by atoms with Crippen LogP contribution in [0.15, 0.2) is 18.6 Å². The Morgan fingerprint density at radius 3 is 2.65 bits per heavy atom. The third kappa shape index (κ3) is 2.47. The molecular weight excluding hydrogens is 236 g/mol. The molecule has 0 atom stereocenters. The summed E-state index contributed by atoms with van der Waals surface area (Å²) in [5, 5.41) is 4.25. The maximum atomic E-state index is 5.93. The molecule has 0 fully saturated rings. The van der Waals surface area contributed by atoms with Gasteiger partial charge in [0.2, 0.25) is 0 Å². The van der Waals surface area contributed by atoms with E-state index in [1.165, 1.54) is 0 Å². The molecule has 2 rings (SSSR count). The number of halogens is 1. The normalized spacial score (nSPS) is 11.1. The third-order valence-electron chi connectivity index (χ3n) is 2.47. The van der Waals surface area contributed by atoms with Crippen molar-refractivity contribution in [3.05, 3.63) is 35.7 Å². The maximum absolute atomic E-state index is 5.93. The summed E-state index contributed by atoms with van der Waals surface area (Å²) in [6.45, 7) is 6.11. The summed E-state index contributed by atoms with van der Waals surface area (Å²) >= 11 is 5.93. The Balaban J connectivity index is 2.48. The van der Waals surface area contributed by atoms with Crippen LogP contribution in [0, 0.1) is 6.92 Å². The van der Waals surface area contributed by atoms with Crippen molar-refractivity contribution in [2.75, 3.05) is 0 Å². The lowest BCUT2D eigenvalue weighted by Gasteiger charge is -2.09. The minimum absolute atomic E-state index is 0.297. The van der Waals surface area contributed by atoms with Crippen molar-refractivity contribution in [1.29, 1.82) is 0 Å². The first-order valence-corrected chi connectivity index (χ1v) is 6.08. The summed E-state index contributed by atoms with van der Waals surface area (Å²) in [4.78, 5) is 8.81. The SMILES string of the molecule is Cc1cnn(-c2cnc(C(C)C)nc2CCl)c1. The Labute approximate surface area is 106 Å². The highest BCUT2D eigenvalue weighted by Gasteiger charge is 2.11. The number of rotatable bonds is 3. The van der Waals surface area contributed by atoms with E-state index in [0.717, 1.165) is 22.8 Å². The third-order valence-corrected chi connectivity index (χ3v) is 2.72. The molecule has 0 aliphatic rings. The fraction of sp³-hybridized carbons (Fsp3) is 0.417. The first-order valence-electron chi connectivity index (χ1n) is 5.55. The number of alkyl halides is 1. The Morgan fingerprint density at radius 1 is 1.35 bits per heavy atom. The van der Waals surface area contributed by atoms with Crippen LogP contribution in [0.25, 0.3) is 5.69 Å². The van der Waals surface area contributed by atoms with E-state index >= 15 is 0 Å². The van der Waals surface area contributed by atoms with Gasteiger partial charge in [-0.1, -0.05) is 13.8 Å². The van der Waals surface area contributed by atoms with E-state index in [4.69, 9.17) is 11.6 Å². The molecule has 2 aromatic rings. The van der Waals surface area contributed by atoms with Crippen molar-refractivity contribution >= 4 is 11.6 Å². The molecule has 0 aliphatic heterocycles. The largest absolute Gasteiger partial charge is 0.239 e. The highest BCUT2D eigenvalue weighted by Crippen LogP contribution is 2.17. The fourth-order valence-electron chi connectivity index (χ4n) is 1.54. The van der Waals surface area contributed by atoms with Gasteiger partial charge in [0.1, 0.15) is 11.5 Å². The summed E-state index contributed by atoms with van der Waals surface area (Å²) in [5.74, 6) is 1.47. The zero-order valence-electron chi connectivity index (χ0n) is 10.2. The number of hydrogen-bond donors (Lipinski definition) is 0. The Hall–Kier alpha value is -1.42. The van der Waals surface area contributed by atoms with E-state index in [-0.39, 0.29) is 0 Å². The smallest absolute Gasteiger partial charge is 0.131 e. The van der Waals surface area contributed by atoms with Gasteiger partial charge in [-0.05, 0) is 12.5 Å². The summed E-state index contributed by atoms with van der Waals surface area (Å²) in [7, 11) is 0. The summed E-state index contributed by atoms with van der Waals surface area (Å²) in [5.41, 5.74) is 2.75. The lowest BCUT2D eigenvalue weighted by molar-refractivity contribution is 0.748. The predicted molar refractivity (Wildman–Crippen MR) is 67.5 cm³/mol. The predicted octanol–water partition coefficient (Wildman–Crippen LogP) is 2.83. The summed E-state index contributed by atoms with van der Waals surface area (Å²) < 4.78 is 1.76. The van der Waals surface area contributed by atoms with Crippen LogP contribution in [0.1, 0.15) is 36.8 Å². The number of nitrogens with zero attached hydrogens (tertiary/aromatic N) is 4. The number of hydrogen-bond acceptors (Lipinski definition) is 3. The molecule has 2 aromatic heterocycles. The zero-order valence-corrected chi connectivity index (χ0v) is 10.9. The molecule has 4 nitrogen and oxygen atoms in total. The van der Waals surface area contributed by atoms with Crippen molar-refractivity contribution < 1.29 is 0 Å². The summed E-state index contributed by atoms with van der Waals surface area (Å²) in [6, 6.07) is 0. The maximum Gasteiger partial charge on any atom is 0.131 e. The van der Waals surface area contributed by atoms with E-state index < -0.39 is 0 Å². The minimum Gasteiger partial charge on any atom is -0.239 e. The molecule has 0 amide bonds. The van der Waals surface area contributed by atoms with Gasteiger partial charge >= 0.3 is 0 Å². The van der Waals surface area contributed by atoms with Crippen molar-refractivity contribution in [2.24, 2.45) is 0 Å². The van der Waals surface area contributed by atoms with E-state index in [1.54, 1.807) is 17.1 Å². The van der Waals surface area contributed by atoms with Gasteiger partial charge in [-0.2, -0.15) is 5.10 Å². The van der Waals surface area contributed by atoms with Crippen molar-refractivity contribution in [3.8, 4) is 5.69 Å². The molecule has 0 saturated heterocycles. The van der Waals surface area contributed by atoms with Crippen LogP contribution in [0.4, 0.5) is 0 Å². The fourth-order valence-corrected chi connectivity index (χ4v) is 1.74. The first-order chi connectivity index (χ1) is 8.11. The molecular formula is C12H15ClN4. The van der Waals surface area contributed by atoms with E-state index in [1.807, 2.05) is 13.1 Å². The molecule has 0 radical (unpaired) electrons. The second kappa shape index (κ2) is 4.84. The van der Waals surface area contributed by atoms with E-state index in [2.05, 4.69) is 28.9 Å². The topological polar surface area (TPSA) is 43.6 Å². The van der Waals surface area contributed by atoms with Crippen LogP contribution in [0.3, 0.4) is 0 Å². The van der Waals surface area contributed by atoms with E-state index in [9.17, 15) is 0 Å². The van der Waals surface area contributed by atoms with Crippen LogP contribution in [-0.2, 0) is 5.88 Å². The summed E-state index contributed by atoms with van der Waals surface area (Å²) in [6.07, 6.45) is 5.52. The number of aromatic nitrogens is 4. The van der Waals surface area contributed by atoms with Crippen LogP contribution < -0.4 is 0 Å². The molecule has 0 aromatic carbocycles. The second-order valence-corrected chi connectivity index (χ2v) is 4.58. The van der Waals surface area contributed by atoms with Gasteiger partial charge in [0.15, 0.2) is 0 Å². The molecule has 5 heteroatoms. The molecule has 0 spiro atoms. The van der Waals surface area contributed by atoms with Crippen molar-refractivity contribution in [2.45, 2.75) is 32.6 Å². The van der Waals surface area contributed by atoms with Gasteiger partial charge in [0.25, 0.3) is 0 Å². The molecule has 90 valence electrons. The highest BCUT2D eigenvalue weighted by atomic mass is 35.5. The minimum atomic E-state index is 0.297. The van der Waals surface area contributed by atoms with Gasteiger partial charge in [-0.15, -0.1) is 11.6 Å². The van der Waals surface area contributed by atoms with Gasteiger partial charge in [-0.3, -0.25) is 0 Å². The Bertz CT molecular complexity index is 519. The average Bonchev–Trinajstić information content (AvgIpc) is 2.74. The average molecular weight is 251 g/mol. The first kappa shape index (κ1) is 12.0. The highest BCUT2D eigenvalue weighted by molar-refractivity contribution is 6.17. The molecule has 17 heavy (non-hydrogen) atoms. The van der Waals surface area contributed by atoms with Gasteiger partial charge in [0, 0.05) is 12.1 Å². The Morgan fingerprint density at radius 2 is 2.12 bits per heavy atom. The standard InChI is InChI=1S/C12H15ClN4/c1-8(2)12-14-6-11(10(4-13)16-12)17-7-9(3)5-15-17/h5-8H,4H2,1-3H3. The molecule has 2 heterocycles. The zero-order chi connectivity index (χ0) is 12.4. The second-order valence-electron chi connectivity index (χ2n) is 4.31. The number of aryl methyl sites for hydroxylation is 1. The van der Waals surface area contributed by atoms with Crippen LogP contribution >= 0.6 is 11.6 Å². The van der Waals surface area contributed by atoms with Crippen molar-refractivity contribution in [3.63, 3.8) is 0 Å². The molecule has 0 saturated carbocycles. The quantitative estimate of drug-likeness (QED) is 0.787. The van der Waals surface area contributed by atoms with Gasteiger partial charge in [0.05, 0.1) is 24.0 Å². The van der Waals surface area contributed by atoms with Crippen molar-refractivity contribution in [1.82, 2.24) is 19.7 Å². The molecule has 0 N–H and O–H groups in total. The van der Waals surface area contributed by atoms with Gasteiger partial charge in [-0.25, -0.2) is 14.6 Å². The van der Waals surface area contributed by atoms with Crippen LogP contribution in [0.5, 0.6) is 0 Å². The molecule has 0 unspecified atom stereocenters. The monoisotopic (exact) mass is 250 g/mol. The van der Waals surface area contributed by atoms with Gasteiger partial charge < -0.3 is 0 Å². The lowest BCUT2D eigenvalue weighted by atomic mass is 10.2.